The SMILES string of the molecule is CCc1cc(NC(=O)N[C@H](CO)CCN2CC(Oc3ccc(Cl)c(Cl)c3)C2)n(C)n1. The van der Waals surface area contributed by atoms with Gasteiger partial charge in [-0.3, -0.25) is 14.9 Å². The Balaban J connectivity index is 1.38. The van der Waals surface area contributed by atoms with Gasteiger partial charge in [0.25, 0.3) is 0 Å². The number of carbonyl (C=O) groups is 1. The molecule has 0 aliphatic carbocycles. The average molecular weight is 456 g/mol. The highest BCUT2D eigenvalue weighted by molar-refractivity contribution is 6.42. The van der Waals surface area contributed by atoms with E-state index in [-0.39, 0.29) is 24.8 Å². The minimum Gasteiger partial charge on any atom is -0.488 e. The molecule has 3 N–H and O–H groups in total. The molecule has 1 aromatic carbocycles. The lowest BCUT2D eigenvalue weighted by Gasteiger charge is -2.39. The number of nitrogens with zero attached hydrogens (tertiary/aromatic N) is 3. The first-order chi connectivity index (χ1) is 14.4. The number of anilines is 1. The van der Waals surface area contributed by atoms with Crippen LogP contribution >= 0.6 is 23.2 Å². The summed E-state index contributed by atoms with van der Waals surface area (Å²) < 4.78 is 7.51. The Morgan fingerprint density at radius 3 is 2.73 bits per heavy atom. The maximum absolute atomic E-state index is 12.2. The van der Waals surface area contributed by atoms with Gasteiger partial charge in [-0.05, 0) is 25.0 Å². The Kier molecular flexibility index (Phi) is 7.82. The van der Waals surface area contributed by atoms with Gasteiger partial charge in [-0.15, -0.1) is 0 Å². The standard InChI is InChI=1S/C20H27Cl2N5O3/c1-3-13-8-19(26(2)25-13)24-20(29)23-14(12-28)6-7-27-10-16(11-27)30-15-4-5-17(21)18(22)9-15/h4-5,8-9,14,16,28H,3,6-7,10-12H2,1-2H3,(H2,23,24,29)/t14-/m0/s1. The summed E-state index contributed by atoms with van der Waals surface area (Å²) in [6, 6.07) is 6.37. The summed E-state index contributed by atoms with van der Waals surface area (Å²) >= 11 is 11.9. The van der Waals surface area contributed by atoms with Gasteiger partial charge >= 0.3 is 6.03 Å². The van der Waals surface area contributed by atoms with Crippen molar-refractivity contribution in [2.45, 2.75) is 31.9 Å². The molecular formula is C20H27Cl2N5O3. The second-order valence-corrected chi connectivity index (χ2v) is 8.15. The van der Waals surface area contributed by atoms with Crippen molar-refractivity contribution in [2.24, 2.45) is 7.05 Å². The Labute approximate surface area is 186 Å². The van der Waals surface area contributed by atoms with E-state index in [2.05, 4.69) is 20.6 Å². The van der Waals surface area contributed by atoms with E-state index in [1.165, 1.54) is 0 Å². The Bertz CT molecular complexity index is 870. The van der Waals surface area contributed by atoms with E-state index >= 15 is 0 Å². The molecule has 1 saturated heterocycles. The smallest absolute Gasteiger partial charge is 0.320 e. The van der Waals surface area contributed by atoms with Crippen molar-refractivity contribution >= 4 is 35.1 Å². The first-order valence-corrected chi connectivity index (χ1v) is 10.7. The molecule has 1 aromatic heterocycles. The maximum Gasteiger partial charge on any atom is 0.320 e. The predicted octanol–water partition coefficient (Wildman–Crippen LogP) is 2.93. The molecule has 0 unspecified atom stereocenters. The second-order valence-electron chi connectivity index (χ2n) is 7.34. The Hall–Kier alpha value is -2.00. The summed E-state index contributed by atoms with van der Waals surface area (Å²) in [6.07, 6.45) is 1.51. The van der Waals surface area contributed by atoms with Crippen molar-refractivity contribution in [3.63, 3.8) is 0 Å². The molecule has 0 bridgehead atoms. The topological polar surface area (TPSA) is 91.6 Å². The van der Waals surface area contributed by atoms with Crippen LogP contribution in [0.3, 0.4) is 0 Å². The van der Waals surface area contributed by atoms with Gasteiger partial charge in [0, 0.05) is 38.8 Å². The molecule has 1 aliphatic heterocycles. The quantitative estimate of drug-likeness (QED) is 0.540. The van der Waals surface area contributed by atoms with Crippen LogP contribution in [0.2, 0.25) is 10.0 Å². The van der Waals surface area contributed by atoms with Crippen molar-refractivity contribution in [3.8, 4) is 5.75 Å². The summed E-state index contributed by atoms with van der Waals surface area (Å²) in [5.74, 6) is 1.31. The number of ether oxygens (including phenoxy) is 1. The van der Waals surface area contributed by atoms with Gasteiger partial charge in [-0.25, -0.2) is 4.79 Å². The zero-order chi connectivity index (χ0) is 21.7. The number of nitrogens with one attached hydrogen (secondary N) is 2. The van der Waals surface area contributed by atoms with Crippen LogP contribution in [-0.2, 0) is 13.5 Å². The molecule has 8 nitrogen and oxygen atoms in total. The van der Waals surface area contributed by atoms with E-state index in [0.717, 1.165) is 31.7 Å². The Morgan fingerprint density at radius 1 is 1.33 bits per heavy atom. The van der Waals surface area contributed by atoms with E-state index in [0.29, 0.717) is 28.0 Å². The lowest BCUT2D eigenvalue weighted by Crippen LogP contribution is -2.55. The number of aromatic nitrogens is 2. The van der Waals surface area contributed by atoms with Crippen molar-refractivity contribution < 1.29 is 14.6 Å². The number of urea groups is 1. The van der Waals surface area contributed by atoms with Crippen LogP contribution in [0.15, 0.2) is 24.3 Å². The van der Waals surface area contributed by atoms with Crippen LogP contribution < -0.4 is 15.4 Å². The highest BCUT2D eigenvalue weighted by atomic mass is 35.5. The molecule has 0 spiro atoms. The highest BCUT2D eigenvalue weighted by Crippen LogP contribution is 2.28. The number of rotatable bonds is 9. The van der Waals surface area contributed by atoms with E-state index in [1.54, 1.807) is 29.9 Å². The van der Waals surface area contributed by atoms with Crippen LogP contribution in [0.25, 0.3) is 0 Å². The van der Waals surface area contributed by atoms with E-state index in [4.69, 9.17) is 27.9 Å². The molecule has 2 amide bonds. The summed E-state index contributed by atoms with van der Waals surface area (Å²) in [7, 11) is 1.78. The maximum atomic E-state index is 12.2. The van der Waals surface area contributed by atoms with Crippen molar-refractivity contribution in [1.29, 1.82) is 0 Å². The van der Waals surface area contributed by atoms with Gasteiger partial charge in [0.05, 0.1) is 28.4 Å². The third kappa shape index (κ3) is 6.01. The number of benzene rings is 1. The molecule has 30 heavy (non-hydrogen) atoms. The highest BCUT2D eigenvalue weighted by Gasteiger charge is 2.29. The van der Waals surface area contributed by atoms with Gasteiger partial charge in [0.2, 0.25) is 0 Å². The molecule has 2 aromatic rings. The molecule has 164 valence electrons. The van der Waals surface area contributed by atoms with E-state index in [1.807, 2.05) is 13.0 Å². The third-order valence-electron chi connectivity index (χ3n) is 5.00. The normalized spacial score (nSPS) is 15.5. The van der Waals surface area contributed by atoms with Crippen molar-refractivity contribution in [1.82, 2.24) is 20.0 Å². The fourth-order valence-corrected chi connectivity index (χ4v) is 3.51. The van der Waals surface area contributed by atoms with Crippen molar-refractivity contribution in [2.75, 3.05) is 31.6 Å². The lowest BCUT2D eigenvalue weighted by atomic mass is 10.1. The number of hydrogen-bond donors (Lipinski definition) is 3. The van der Waals surface area contributed by atoms with Crippen LogP contribution in [0.5, 0.6) is 5.75 Å². The summed E-state index contributed by atoms with van der Waals surface area (Å²) in [6.45, 7) is 4.18. The lowest BCUT2D eigenvalue weighted by molar-refractivity contribution is 0.0168. The largest absolute Gasteiger partial charge is 0.488 e. The van der Waals surface area contributed by atoms with Gasteiger partial charge in [-0.2, -0.15) is 5.10 Å². The number of halogens is 2. The van der Waals surface area contributed by atoms with Crippen LogP contribution in [0, 0.1) is 0 Å². The number of likely N-dealkylation sites (tertiary alicyclic amines) is 1. The molecule has 0 saturated carbocycles. The molecule has 3 rings (SSSR count). The molecular weight excluding hydrogens is 429 g/mol. The number of amides is 2. The van der Waals surface area contributed by atoms with Gasteiger partial charge < -0.3 is 15.2 Å². The third-order valence-corrected chi connectivity index (χ3v) is 5.74. The van der Waals surface area contributed by atoms with Gasteiger partial charge in [0.15, 0.2) is 0 Å². The van der Waals surface area contributed by atoms with Crippen LogP contribution in [-0.4, -0.2) is 64.2 Å². The van der Waals surface area contributed by atoms with Crippen molar-refractivity contribution in [3.05, 3.63) is 40.0 Å². The molecule has 10 heteroatoms. The van der Waals surface area contributed by atoms with Gasteiger partial charge in [-0.1, -0.05) is 30.1 Å². The number of aliphatic hydroxyl groups excluding tert-OH is 1. The molecule has 0 radical (unpaired) electrons. The predicted molar refractivity (Wildman–Crippen MR) is 118 cm³/mol. The van der Waals surface area contributed by atoms with Gasteiger partial charge in [0.1, 0.15) is 17.7 Å². The number of aliphatic hydroxyl groups is 1. The molecule has 1 fully saturated rings. The van der Waals surface area contributed by atoms with E-state index in [9.17, 15) is 9.90 Å². The second kappa shape index (κ2) is 10.3. The number of carbonyl (C=O) groups excluding carboxylic acids is 1. The van der Waals surface area contributed by atoms with Crippen LogP contribution in [0.1, 0.15) is 19.0 Å². The fraction of sp³-hybridized carbons (Fsp3) is 0.500. The monoisotopic (exact) mass is 455 g/mol. The molecule has 2 heterocycles. The Morgan fingerprint density at radius 2 is 2.10 bits per heavy atom. The zero-order valence-corrected chi connectivity index (χ0v) is 18.6. The van der Waals surface area contributed by atoms with Crippen LogP contribution in [0.4, 0.5) is 10.6 Å². The molecule has 1 aliphatic rings. The number of aryl methyl sites for hydroxylation is 2. The number of hydrogen-bond acceptors (Lipinski definition) is 5. The summed E-state index contributed by atoms with van der Waals surface area (Å²) in [5, 5.41) is 20.5. The summed E-state index contributed by atoms with van der Waals surface area (Å²) in [5.41, 5.74) is 0.905. The minimum absolute atomic E-state index is 0.0867. The molecule has 1 atom stereocenters. The zero-order valence-electron chi connectivity index (χ0n) is 17.1. The minimum atomic E-state index is -0.357. The fourth-order valence-electron chi connectivity index (χ4n) is 3.22. The summed E-state index contributed by atoms with van der Waals surface area (Å²) in [4.78, 5) is 14.4. The first-order valence-electron chi connectivity index (χ1n) is 9.93. The average Bonchev–Trinajstić information content (AvgIpc) is 3.04. The van der Waals surface area contributed by atoms with E-state index < -0.39 is 0 Å². The first kappa shape index (κ1) is 22.7.